The summed E-state index contributed by atoms with van der Waals surface area (Å²) in [5.41, 5.74) is 6.86. The van der Waals surface area contributed by atoms with Gasteiger partial charge in [0.15, 0.2) is 0 Å². The second kappa shape index (κ2) is 6.28. The number of nitrogens with one attached hydrogen (secondary N) is 1. The van der Waals surface area contributed by atoms with Crippen molar-refractivity contribution in [1.82, 2.24) is 5.32 Å². The molecule has 1 aromatic carbocycles. The molecular formula is C13H20N2O. The minimum Gasteiger partial charge on any atom is -0.351 e. The van der Waals surface area contributed by atoms with Crippen molar-refractivity contribution in [1.29, 1.82) is 0 Å². The van der Waals surface area contributed by atoms with E-state index in [1.54, 1.807) is 0 Å². The topological polar surface area (TPSA) is 55.1 Å². The Kier molecular flexibility index (Phi) is 4.99. The first-order valence-electron chi connectivity index (χ1n) is 5.67. The third kappa shape index (κ3) is 4.45. The van der Waals surface area contributed by atoms with Crippen LogP contribution in [0.2, 0.25) is 0 Å². The lowest BCUT2D eigenvalue weighted by Gasteiger charge is -2.14. The molecule has 1 amide bonds. The zero-order chi connectivity index (χ0) is 12.0. The van der Waals surface area contributed by atoms with E-state index >= 15 is 0 Å². The summed E-state index contributed by atoms with van der Waals surface area (Å²) in [7, 11) is 0. The van der Waals surface area contributed by atoms with E-state index in [9.17, 15) is 4.79 Å². The monoisotopic (exact) mass is 220 g/mol. The Labute approximate surface area is 97.0 Å². The van der Waals surface area contributed by atoms with E-state index in [4.69, 9.17) is 5.73 Å². The van der Waals surface area contributed by atoms with Gasteiger partial charge in [-0.1, -0.05) is 44.2 Å². The van der Waals surface area contributed by atoms with Crippen LogP contribution >= 0.6 is 0 Å². The van der Waals surface area contributed by atoms with E-state index in [0.29, 0.717) is 12.5 Å². The highest BCUT2D eigenvalue weighted by Crippen LogP contribution is 2.03. The second-order valence-electron chi connectivity index (χ2n) is 4.44. The summed E-state index contributed by atoms with van der Waals surface area (Å²) in [5, 5.41) is 2.84. The van der Waals surface area contributed by atoms with Gasteiger partial charge in [0, 0.05) is 6.54 Å². The molecule has 0 aliphatic rings. The van der Waals surface area contributed by atoms with Gasteiger partial charge in [-0.25, -0.2) is 0 Å². The van der Waals surface area contributed by atoms with Gasteiger partial charge in [0.2, 0.25) is 5.91 Å². The molecule has 88 valence electrons. The van der Waals surface area contributed by atoms with Gasteiger partial charge in [0.1, 0.15) is 0 Å². The zero-order valence-electron chi connectivity index (χ0n) is 9.94. The van der Waals surface area contributed by atoms with E-state index in [1.165, 1.54) is 0 Å². The minimum atomic E-state index is -0.399. The molecule has 0 radical (unpaired) electrons. The third-order valence-electron chi connectivity index (χ3n) is 2.37. The molecule has 0 saturated heterocycles. The number of hydrogen-bond acceptors (Lipinski definition) is 2. The van der Waals surface area contributed by atoms with Crippen molar-refractivity contribution in [3.8, 4) is 0 Å². The maximum atomic E-state index is 11.6. The van der Waals surface area contributed by atoms with E-state index < -0.39 is 6.04 Å². The summed E-state index contributed by atoms with van der Waals surface area (Å²) in [4.78, 5) is 11.6. The molecule has 16 heavy (non-hydrogen) atoms. The van der Waals surface area contributed by atoms with Gasteiger partial charge in [0.05, 0.1) is 6.04 Å². The molecule has 3 N–H and O–H groups in total. The van der Waals surface area contributed by atoms with Crippen molar-refractivity contribution in [2.45, 2.75) is 32.9 Å². The van der Waals surface area contributed by atoms with Gasteiger partial charge >= 0.3 is 0 Å². The minimum absolute atomic E-state index is 0.0717. The van der Waals surface area contributed by atoms with Gasteiger partial charge in [0.25, 0.3) is 0 Å². The Morgan fingerprint density at radius 1 is 1.31 bits per heavy atom. The van der Waals surface area contributed by atoms with Crippen molar-refractivity contribution in [3.05, 3.63) is 35.9 Å². The Hall–Kier alpha value is -1.35. The number of carbonyl (C=O) groups is 1. The Morgan fingerprint density at radius 3 is 2.50 bits per heavy atom. The summed E-state index contributed by atoms with van der Waals surface area (Å²) in [6.45, 7) is 4.67. The fourth-order valence-corrected chi connectivity index (χ4v) is 1.53. The molecule has 0 aliphatic heterocycles. The maximum Gasteiger partial charge on any atom is 0.237 e. The number of rotatable bonds is 5. The number of nitrogens with two attached hydrogens (primary N) is 1. The van der Waals surface area contributed by atoms with E-state index in [2.05, 4.69) is 19.2 Å². The highest BCUT2D eigenvalue weighted by Gasteiger charge is 2.13. The van der Waals surface area contributed by atoms with Crippen LogP contribution in [0.4, 0.5) is 0 Å². The molecule has 0 heterocycles. The molecule has 0 bridgehead atoms. The molecular weight excluding hydrogens is 200 g/mol. The Morgan fingerprint density at radius 2 is 1.94 bits per heavy atom. The van der Waals surface area contributed by atoms with Crippen molar-refractivity contribution in [2.75, 3.05) is 0 Å². The molecule has 0 saturated carbocycles. The summed E-state index contributed by atoms with van der Waals surface area (Å²) in [5.74, 6) is 0.370. The standard InChI is InChI=1S/C13H20N2O/c1-10(2)8-12(14)13(16)15-9-11-6-4-3-5-7-11/h3-7,10,12H,8-9,14H2,1-2H3,(H,15,16). The first-order chi connectivity index (χ1) is 7.59. The highest BCUT2D eigenvalue weighted by atomic mass is 16.2. The third-order valence-corrected chi connectivity index (χ3v) is 2.37. The molecule has 0 aromatic heterocycles. The van der Waals surface area contributed by atoms with Crippen molar-refractivity contribution >= 4 is 5.91 Å². The van der Waals surface area contributed by atoms with Gasteiger partial charge in [-0.2, -0.15) is 0 Å². The number of carbonyl (C=O) groups excluding carboxylic acids is 1. The lowest BCUT2D eigenvalue weighted by atomic mass is 10.0. The molecule has 3 nitrogen and oxygen atoms in total. The zero-order valence-corrected chi connectivity index (χ0v) is 9.94. The molecule has 3 heteroatoms. The summed E-state index contributed by atoms with van der Waals surface area (Å²) in [6.07, 6.45) is 0.723. The fraction of sp³-hybridized carbons (Fsp3) is 0.462. The lowest BCUT2D eigenvalue weighted by molar-refractivity contribution is -0.122. The van der Waals surface area contributed by atoms with Crippen molar-refractivity contribution in [3.63, 3.8) is 0 Å². The normalized spacial score (nSPS) is 12.5. The smallest absolute Gasteiger partial charge is 0.237 e. The largest absolute Gasteiger partial charge is 0.351 e. The first kappa shape index (κ1) is 12.7. The maximum absolute atomic E-state index is 11.6. The van der Waals surface area contributed by atoms with E-state index in [-0.39, 0.29) is 5.91 Å². The van der Waals surface area contributed by atoms with Crippen molar-refractivity contribution < 1.29 is 4.79 Å². The predicted molar refractivity (Wildman–Crippen MR) is 65.7 cm³/mol. The van der Waals surface area contributed by atoms with Crippen LogP contribution in [0.15, 0.2) is 30.3 Å². The summed E-state index contributed by atoms with van der Waals surface area (Å²) in [6, 6.07) is 9.42. The fourth-order valence-electron chi connectivity index (χ4n) is 1.53. The lowest BCUT2D eigenvalue weighted by Crippen LogP contribution is -2.40. The second-order valence-corrected chi connectivity index (χ2v) is 4.44. The molecule has 0 fully saturated rings. The summed E-state index contributed by atoms with van der Waals surface area (Å²) >= 11 is 0. The molecule has 1 unspecified atom stereocenters. The molecule has 1 aromatic rings. The van der Waals surface area contributed by atoms with Crippen LogP contribution in [0, 0.1) is 5.92 Å². The van der Waals surface area contributed by atoms with E-state index in [0.717, 1.165) is 12.0 Å². The summed E-state index contributed by atoms with van der Waals surface area (Å²) < 4.78 is 0. The Balaban J connectivity index is 2.35. The average Bonchev–Trinajstić information content (AvgIpc) is 2.26. The SMILES string of the molecule is CC(C)CC(N)C(=O)NCc1ccccc1. The van der Waals surface area contributed by atoms with Gasteiger partial charge in [-0.05, 0) is 17.9 Å². The van der Waals surface area contributed by atoms with Crippen LogP contribution in [0.5, 0.6) is 0 Å². The van der Waals surface area contributed by atoms with Gasteiger partial charge in [-0.15, -0.1) is 0 Å². The molecule has 0 spiro atoms. The molecule has 1 rings (SSSR count). The van der Waals surface area contributed by atoms with Gasteiger partial charge < -0.3 is 11.1 Å². The van der Waals surface area contributed by atoms with E-state index in [1.807, 2.05) is 30.3 Å². The van der Waals surface area contributed by atoms with Crippen LogP contribution in [0.1, 0.15) is 25.8 Å². The Bertz CT molecular complexity index is 322. The van der Waals surface area contributed by atoms with Crippen LogP contribution in [-0.4, -0.2) is 11.9 Å². The molecule has 1 atom stereocenters. The number of hydrogen-bond donors (Lipinski definition) is 2. The van der Waals surface area contributed by atoms with Crippen LogP contribution in [0.25, 0.3) is 0 Å². The number of benzene rings is 1. The highest BCUT2D eigenvalue weighted by molar-refractivity contribution is 5.81. The molecule has 0 aliphatic carbocycles. The van der Waals surface area contributed by atoms with Crippen molar-refractivity contribution in [2.24, 2.45) is 11.7 Å². The van der Waals surface area contributed by atoms with Gasteiger partial charge in [-0.3, -0.25) is 4.79 Å². The predicted octanol–water partition coefficient (Wildman–Crippen LogP) is 1.68. The van der Waals surface area contributed by atoms with Crippen LogP contribution in [-0.2, 0) is 11.3 Å². The quantitative estimate of drug-likeness (QED) is 0.793. The van der Waals surface area contributed by atoms with Crippen LogP contribution < -0.4 is 11.1 Å². The number of amides is 1. The average molecular weight is 220 g/mol. The first-order valence-corrected chi connectivity index (χ1v) is 5.67. The van der Waals surface area contributed by atoms with Crippen LogP contribution in [0.3, 0.4) is 0 Å².